The fourth-order valence-corrected chi connectivity index (χ4v) is 1.26. The first-order valence-corrected chi connectivity index (χ1v) is 4.35. The fourth-order valence-electron chi connectivity index (χ4n) is 1.26. The molecule has 0 spiro atoms. The Bertz CT molecular complexity index is 133. The van der Waals surface area contributed by atoms with E-state index in [2.05, 4.69) is 0 Å². The van der Waals surface area contributed by atoms with Crippen molar-refractivity contribution in [1.29, 1.82) is 0 Å². The summed E-state index contributed by atoms with van der Waals surface area (Å²) in [5.74, 6) is -0.587. The van der Waals surface area contributed by atoms with Crippen LogP contribution in [0.15, 0.2) is 0 Å². The van der Waals surface area contributed by atoms with E-state index in [1.54, 1.807) is 13.8 Å². The second kappa shape index (κ2) is 5.14. The zero-order valence-corrected chi connectivity index (χ0v) is 8.20. The largest absolute Gasteiger partial charge is 0.466 e. The molecule has 0 aromatic carbocycles. The third-order valence-corrected chi connectivity index (χ3v) is 1.80. The molecule has 0 saturated carbocycles. The minimum absolute atomic E-state index is 0.115. The van der Waals surface area contributed by atoms with Gasteiger partial charge in [-0.1, -0.05) is 13.8 Å². The highest BCUT2D eigenvalue weighted by atomic mass is 16.5. The molecule has 0 aliphatic carbocycles. The molecule has 72 valence electrons. The van der Waals surface area contributed by atoms with Crippen molar-refractivity contribution in [2.24, 2.45) is 11.8 Å². The van der Waals surface area contributed by atoms with Crippen LogP contribution in [0.1, 0.15) is 27.7 Å². The van der Waals surface area contributed by atoms with Gasteiger partial charge in [0.1, 0.15) is 0 Å². The Kier molecular flexibility index (Phi) is 4.90. The molecule has 0 amide bonds. The van der Waals surface area contributed by atoms with Crippen LogP contribution in [-0.2, 0) is 9.53 Å². The highest BCUT2D eigenvalue weighted by Crippen LogP contribution is 2.16. The van der Waals surface area contributed by atoms with Crippen LogP contribution < -0.4 is 0 Å². The summed E-state index contributed by atoms with van der Waals surface area (Å²) in [6, 6.07) is 0. The van der Waals surface area contributed by atoms with Gasteiger partial charge in [-0.25, -0.2) is 0 Å². The van der Waals surface area contributed by atoms with Crippen LogP contribution in [0.25, 0.3) is 0 Å². The van der Waals surface area contributed by atoms with Gasteiger partial charge in [0.05, 0.1) is 18.6 Å². The summed E-state index contributed by atoms with van der Waals surface area (Å²) >= 11 is 0. The minimum atomic E-state index is -0.635. The van der Waals surface area contributed by atoms with Gasteiger partial charge in [-0.05, 0) is 19.8 Å². The van der Waals surface area contributed by atoms with E-state index in [4.69, 9.17) is 4.74 Å². The van der Waals surface area contributed by atoms with Crippen molar-refractivity contribution in [2.75, 3.05) is 6.61 Å². The first-order chi connectivity index (χ1) is 5.50. The fraction of sp³-hybridized carbons (Fsp3) is 0.889. The summed E-state index contributed by atoms with van der Waals surface area (Å²) in [7, 11) is 0. The quantitative estimate of drug-likeness (QED) is 0.651. The SMILES string of the molecule is CCOC(=O)[C@@H](C(C)C)[C@H](C)O. The normalized spacial score (nSPS) is 15.8. The van der Waals surface area contributed by atoms with Gasteiger partial charge in [0.2, 0.25) is 0 Å². The van der Waals surface area contributed by atoms with Crippen molar-refractivity contribution < 1.29 is 14.6 Å². The molecular formula is C9H18O3. The Morgan fingerprint density at radius 1 is 1.42 bits per heavy atom. The lowest BCUT2D eigenvalue weighted by Crippen LogP contribution is -2.32. The molecule has 3 nitrogen and oxygen atoms in total. The molecule has 0 aliphatic heterocycles. The molecule has 0 radical (unpaired) electrons. The highest BCUT2D eigenvalue weighted by Gasteiger charge is 2.27. The number of aliphatic hydroxyl groups is 1. The molecule has 0 rings (SSSR count). The van der Waals surface area contributed by atoms with Gasteiger partial charge in [-0.2, -0.15) is 0 Å². The predicted molar refractivity (Wildman–Crippen MR) is 46.6 cm³/mol. The van der Waals surface area contributed by atoms with Crippen molar-refractivity contribution >= 4 is 5.97 Å². The van der Waals surface area contributed by atoms with E-state index in [1.165, 1.54) is 0 Å². The smallest absolute Gasteiger partial charge is 0.311 e. The molecule has 0 aromatic heterocycles. The first kappa shape index (κ1) is 11.4. The van der Waals surface area contributed by atoms with Gasteiger partial charge in [-0.3, -0.25) is 4.79 Å². The van der Waals surface area contributed by atoms with Gasteiger partial charge in [-0.15, -0.1) is 0 Å². The second-order valence-corrected chi connectivity index (χ2v) is 3.26. The predicted octanol–water partition coefficient (Wildman–Crippen LogP) is 1.20. The van der Waals surface area contributed by atoms with Crippen LogP contribution in [0.2, 0.25) is 0 Å². The van der Waals surface area contributed by atoms with Crippen LogP contribution in [0, 0.1) is 11.8 Å². The summed E-state index contributed by atoms with van der Waals surface area (Å²) in [5, 5.41) is 9.28. The summed E-state index contributed by atoms with van der Waals surface area (Å²) in [5.41, 5.74) is 0. The first-order valence-electron chi connectivity index (χ1n) is 4.35. The van der Waals surface area contributed by atoms with Crippen molar-refractivity contribution in [3.63, 3.8) is 0 Å². The van der Waals surface area contributed by atoms with E-state index >= 15 is 0 Å². The van der Waals surface area contributed by atoms with Gasteiger partial charge < -0.3 is 9.84 Å². The number of hydrogen-bond acceptors (Lipinski definition) is 3. The number of aliphatic hydroxyl groups excluding tert-OH is 1. The lowest BCUT2D eigenvalue weighted by Gasteiger charge is -2.21. The van der Waals surface area contributed by atoms with Crippen LogP contribution in [0.3, 0.4) is 0 Å². The molecular weight excluding hydrogens is 156 g/mol. The van der Waals surface area contributed by atoms with E-state index < -0.39 is 12.0 Å². The number of ether oxygens (including phenoxy) is 1. The van der Waals surface area contributed by atoms with Gasteiger partial charge in [0.15, 0.2) is 0 Å². The molecule has 3 heteroatoms. The maximum atomic E-state index is 11.2. The van der Waals surface area contributed by atoms with Gasteiger partial charge >= 0.3 is 5.97 Å². The maximum absolute atomic E-state index is 11.2. The average molecular weight is 174 g/mol. The van der Waals surface area contributed by atoms with E-state index in [-0.39, 0.29) is 11.9 Å². The molecule has 0 bridgehead atoms. The Labute approximate surface area is 73.7 Å². The Morgan fingerprint density at radius 3 is 2.17 bits per heavy atom. The molecule has 0 saturated heterocycles. The monoisotopic (exact) mass is 174 g/mol. The van der Waals surface area contributed by atoms with E-state index in [0.717, 1.165) is 0 Å². The average Bonchev–Trinajstić information content (AvgIpc) is 1.85. The summed E-state index contributed by atoms with van der Waals surface area (Å²) in [6.07, 6.45) is -0.635. The lowest BCUT2D eigenvalue weighted by atomic mass is 9.91. The Balaban J connectivity index is 4.20. The summed E-state index contributed by atoms with van der Waals surface area (Å²) in [4.78, 5) is 11.2. The van der Waals surface area contributed by atoms with Crippen molar-refractivity contribution in [3.8, 4) is 0 Å². The number of esters is 1. The number of carbonyl (C=O) groups is 1. The third-order valence-electron chi connectivity index (χ3n) is 1.80. The molecule has 0 aliphatic rings. The molecule has 0 heterocycles. The Morgan fingerprint density at radius 2 is 1.92 bits per heavy atom. The zero-order valence-electron chi connectivity index (χ0n) is 8.20. The highest BCUT2D eigenvalue weighted by molar-refractivity contribution is 5.73. The molecule has 1 N–H and O–H groups in total. The molecule has 12 heavy (non-hydrogen) atoms. The van der Waals surface area contributed by atoms with E-state index in [0.29, 0.717) is 6.61 Å². The standard InChI is InChI=1S/C9H18O3/c1-5-12-9(11)8(6(2)3)7(4)10/h6-8,10H,5H2,1-4H3/t7-,8-/m0/s1. The van der Waals surface area contributed by atoms with E-state index in [1.807, 2.05) is 13.8 Å². The second-order valence-electron chi connectivity index (χ2n) is 3.26. The summed E-state index contributed by atoms with van der Waals surface area (Å²) < 4.78 is 4.83. The zero-order chi connectivity index (χ0) is 9.72. The number of hydrogen-bond donors (Lipinski definition) is 1. The van der Waals surface area contributed by atoms with Crippen LogP contribution in [0.5, 0.6) is 0 Å². The molecule has 0 fully saturated rings. The Hall–Kier alpha value is -0.570. The van der Waals surface area contributed by atoms with Crippen LogP contribution in [-0.4, -0.2) is 23.8 Å². The van der Waals surface area contributed by atoms with Crippen LogP contribution >= 0.6 is 0 Å². The van der Waals surface area contributed by atoms with Crippen molar-refractivity contribution in [2.45, 2.75) is 33.8 Å². The molecule has 0 unspecified atom stereocenters. The van der Waals surface area contributed by atoms with Gasteiger partial charge in [0, 0.05) is 0 Å². The number of carbonyl (C=O) groups excluding carboxylic acids is 1. The van der Waals surface area contributed by atoms with Crippen molar-refractivity contribution in [3.05, 3.63) is 0 Å². The molecule has 2 atom stereocenters. The lowest BCUT2D eigenvalue weighted by molar-refractivity contribution is -0.153. The minimum Gasteiger partial charge on any atom is -0.466 e. The van der Waals surface area contributed by atoms with Crippen LogP contribution in [0.4, 0.5) is 0 Å². The van der Waals surface area contributed by atoms with E-state index in [9.17, 15) is 9.90 Å². The van der Waals surface area contributed by atoms with Crippen molar-refractivity contribution in [1.82, 2.24) is 0 Å². The maximum Gasteiger partial charge on any atom is 0.311 e. The number of rotatable bonds is 4. The topological polar surface area (TPSA) is 46.5 Å². The van der Waals surface area contributed by atoms with Gasteiger partial charge in [0.25, 0.3) is 0 Å². The third kappa shape index (κ3) is 3.22. The molecule has 0 aromatic rings. The summed E-state index contributed by atoms with van der Waals surface area (Å²) in [6.45, 7) is 7.54.